The van der Waals surface area contributed by atoms with Gasteiger partial charge in [-0.3, -0.25) is 9.18 Å². The summed E-state index contributed by atoms with van der Waals surface area (Å²) in [6.45, 7) is 5.66. The van der Waals surface area contributed by atoms with Gasteiger partial charge in [0.1, 0.15) is 16.4 Å². The van der Waals surface area contributed by atoms with Gasteiger partial charge in [-0.05, 0) is 92.4 Å². The number of benzene rings is 3. The number of aromatic carboxylic acids is 1. The summed E-state index contributed by atoms with van der Waals surface area (Å²) >= 11 is 1.16. The van der Waals surface area contributed by atoms with Gasteiger partial charge in [-0.1, -0.05) is 0 Å². The van der Waals surface area contributed by atoms with Crippen molar-refractivity contribution in [1.82, 2.24) is 4.90 Å². The van der Waals surface area contributed by atoms with Crippen LogP contribution in [0.5, 0.6) is 11.5 Å². The first-order valence-electron chi connectivity index (χ1n) is 13.2. The van der Waals surface area contributed by atoms with Crippen molar-refractivity contribution < 1.29 is 28.2 Å². The van der Waals surface area contributed by atoms with Gasteiger partial charge < -0.3 is 20.1 Å². The molecule has 2 N–H and O–H groups in total. The molecule has 1 unspecified atom stereocenters. The number of thiophene rings is 1. The van der Waals surface area contributed by atoms with Crippen LogP contribution in [0.15, 0.2) is 54.6 Å². The highest BCUT2D eigenvalue weighted by Crippen LogP contribution is 2.42. The number of anilines is 1. The van der Waals surface area contributed by atoms with E-state index < -0.39 is 11.8 Å². The second kappa shape index (κ2) is 11.7. The lowest BCUT2D eigenvalue weighted by atomic mass is 9.97. The molecule has 208 valence electrons. The van der Waals surface area contributed by atoms with Gasteiger partial charge in [0.25, 0.3) is 0 Å². The van der Waals surface area contributed by atoms with Crippen molar-refractivity contribution in [2.75, 3.05) is 31.6 Å². The van der Waals surface area contributed by atoms with E-state index in [9.17, 15) is 23.5 Å². The number of ketones is 1. The molecule has 1 aromatic heterocycles. The topological polar surface area (TPSA) is 78.9 Å². The van der Waals surface area contributed by atoms with E-state index in [2.05, 4.69) is 10.2 Å². The lowest BCUT2D eigenvalue weighted by Crippen LogP contribution is -2.27. The second-order valence-electron chi connectivity index (χ2n) is 10.1. The van der Waals surface area contributed by atoms with Gasteiger partial charge in [0.05, 0.1) is 12.2 Å². The Bertz CT molecular complexity index is 1540. The molecule has 0 saturated carbocycles. The van der Waals surface area contributed by atoms with Crippen molar-refractivity contribution >= 4 is 38.9 Å². The molecule has 9 heteroatoms. The maximum atomic E-state index is 13.9. The number of carboxylic acid groups (broad SMARTS) is 1. The predicted octanol–water partition coefficient (Wildman–Crippen LogP) is 7.22. The Hall–Kier alpha value is -3.82. The van der Waals surface area contributed by atoms with Crippen molar-refractivity contribution in [3.05, 3.63) is 87.5 Å². The van der Waals surface area contributed by atoms with Crippen LogP contribution in [-0.2, 0) is 0 Å². The minimum atomic E-state index is -1.06. The molecule has 1 aliphatic rings. The molecule has 1 fully saturated rings. The molecular weight excluding hydrogens is 534 g/mol. The van der Waals surface area contributed by atoms with E-state index in [1.807, 2.05) is 24.3 Å². The number of nitrogens with zero attached hydrogens (tertiary/aromatic N) is 1. The van der Waals surface area contributed by atoms with Crippen LogP contribution >= 0.6 is 11.3 Å². The van der Waals surface area contributed by atoms with Crippen molar-refractivity contribution in [3.63, 3.8) is 0 Å². The lowest BCUT2D eigenvalue weighted by Gasteiger charge is -2.17. The Balaban J connectivity index is 1.43. The number of alkyl halides is 1. The van der Waals surface area contributed by atoms with Crippen molar-refractivity contribution in [2.45, 2.75) is 32.7 Å². The predicted molar refractivity (Wildman–Crippen MR) is 154 cm³/mol. The third-order valence-corrected chi connectivity index (χ3v) is 8.28. The number of aryl methyl sites for hydroxylation is 2. The van der Waals surface area contributed by atoms with Crippen LogP contribution < -0.4 is 10.1 Å². The summed E-state index contributed by atoms with van der Waals surface area (Å²) in [5.74, 6) is -0.925. The second-order valence-corrected chi connectivity index (χ2v) is 11.2. The zero-order valence-corrected chi connectivity index (χ0v) is 23.1. The number of nitrogens with one attached hydrogen (secondary N) is 1. The normalized spacial score (nSPS) is 15.4. The number of carbonyl (C=O) groups excluding carboxylic acids is 1. The maximum Gasteiger partial charge on any atom is 0.335 e. The number of ether oxygens (including phenoxy) is 1. The van der Waals surface area contributed by atoms with Gasteiger partial charge in [0, 0.05) is 47.0 Å². The number of likely N-dealkylation sites (tertiary alicyclic amines) is 1. The third-order valence-electron chi connectivity index (χ3n) is 7.15. The Kier molecular flexibility index (Phi) is 8.14. The Morgan fingerprint density at radius 1 is 1.10 bits per heavy atom. The molecule has 0 bridgehead atoms. The Morgan fingerprint density at radius 3 is 2.50 bits per heavy atom. The number of carbonyl (C=O) groups is 2. The molecule has 0 spiro atoms. The van der Waals surface area contributed by atoms with E-state index >= 15 is 0 Å². The number of halogens is 2. The highest BCUT2D eigenvalue weighted by atomic mass is 32.1. The molecule has 1 atom stereocenters. The first-order valence-corrected chi connectivity index (χ1v) is 14.0. The van der Waals surface area contributed by atoms with Gasteiger partial charge in [-0.2, -0.15) is 0 Å². The van der Waals surface area contributed by atoms with E-state index in [4.69, 9.17) is 4.74 Å². The molecule has 2 heterocycles. The molecule has 0 radical (unpaired) electrons. The summed E-state index contributed by atoms with van der Waals surface area (Å²) in [5, 5.41) is 13.6. The van der Waals surface area contributed by atoms with Gasteiger partial charge in [0.15, 0.2) is 5.75 Å². The minimum Gasteiger partial charge on any atom is -0.478 e. The van der Waals surface area contributed by atoms with Crippen molar-refractivity contribution in [3.8, 4) is 11.5 Å². The van der Waals surface area contributed by atoms with Crippen LogP contribution in [0.4, 0.5) is 14.5 Å². The van der Waals surface area contributed by atoms with Crippen LogP contribution in [0.2, 0.25) is 0 Å². The molecular formula is C31H30F2N2O4S. The monoisotopic (exact) mass is 564 g/mol. The fourth-order valence-electron chi connectivity index (χ4n) is 5.25. The largest absolute Gasteiger partial charge is 0.478 e. The SMILES string of the molecule is Cc1cc(F)cc(C)c1C(=O)c1sc2cc(C(=O)O)ccc2c1Oc1ccc(NC2CCN(CCCF)C2)cc1. The lowest BCUT2D eigenvalue weighted by molar-refractivity contribution is 0.0697. The van der Waals surface area contributed by atoms with Crippen LogP contribution in [0.3, 0.4) is 0 Å². The van der Waals surface area contributed by atoms with E-state index in [1.54, 1.807) is 19.9 Å². The summed E-state index contributed by atoms with van der Waals surface area (Å²) < 4.78 is 33.3. The quantitative estimate of drug-likeness (QED) is 0.198. The molecule has 6 nitrogen and oxygen atoms in total. The molecule has 1 saturated heterocycles. The smallest absolute Gasteiger partial charge is 0.335 e. The highest BCUT2D eigenvalue weighted by molar-refractivity contribution is 7.21. The van der Waals surface area contributed by atoms with Crippen molar-refractivity contribution in [1.29, 1.82) is 0 Å². The van der Waals surface area contributed by atoms with E-state index in [0.717, 1.165) is 43.1 Å². The zero-order chi connectivity index (χ0) is 28.4. The fourth-order valence-corrected chi connectivity index (χ4v) is 6.36. The van der Waals surface area contributed by atoms with Crippen LogP contribution in [0.25, 0.3) is 10.1 Å². The number of rotatable bonds is 10. The average molecular weight is 565 g/mol. The van der Waals surface area contributed by atoms with Gasteiger partial charge in [-0.15, -0.1) is 11.3 Å². The van der Waals surface area contributed by atoms with E-state index in [1.165, 1.54) is 24.3 Å². The zero-order valence-electron chi connectivity index (χ0n) is 22.3. The highest BCUT2D eigenvalue weighted by Gasteiger charge is 2.26. The summed E-state index contributed by atoms with van der Waals surface area (Å²) in [6, 6.07) is 15.0. The number of hydrogen-bond donors (Lipinski definition) is 2. The van der Waals surface area contributed by atoms with Crippen LogP contribution in [0.1, 0.15) is 49.6 Å². The van der Waals surface area contributed by atoms with Crippen LogP contribution in [-0.4, -0.2) is 54.1 Å². The van der Waals surface area contributed by atoms with Crippen LogP contribution in [0, 0.1) is 19.7 Å². The summed E-state index contributed by atoms with van der Waals surface area (Å²) in [7, 11) is 0. The molecule has 4 aromatic rings. The number of hydrogen-bond acceptors (Lipinski definition) is 6. The first kappa shape index (κ1) is 27.7. The summed E-state index contributed by atoms with van der Waals surface area (Å²) in [4.78, 5) is 27.9. The maximum absolute atomic E-state index is 13.9. The summed E-state index contributed by atoms with van der Waals surface area (Å²) in [5.41, 5.74) is 2.47. The van der Waals surface area contributed by atoms with E-state index in [0.29, 0.717) is 49.6 Å². The van der Waals surface area contributed by atoms with Gasteiger partial charge >= 0.3 is 5.97 Å². The molecule has 1 aliphatic heterocycles. The number of fused-ring (bicyclic) bond motifs is 1. The minimum absolute atomic E-state index is 0.110. The molecule has 5 rings (SSSR count). The third kappa shape index (κ3) is 5.85. The summed E-state index contributed by atoms with van der Waals surface area (Å²) in [6.07, 6.45) is 1.54. The molecule has 0 amide bonds. The Morgan fingerprint density at radius 2 is 1.82 bits per heavy atom. The fraction of sp³-hybridized carbons (Fsp3) is 0.290. The molecule has 3 aromatic carbocycles. The van der Waals surface area contributed by atoms with Crippen molar-refractivity contribution in [2.24, 2.45) is 0 Å². The molecule has 0 aliphatic carbocycles. The van der Waals surface area contributed by atoms with Gasteiger partial charge in [-0.25, -0.2) is 9.18 Å². The molecule has 40 heavy (non-hydrogen) atoms. The van der Waals surface area contributed by atoms with E-state index in [-0.39, 0.29) is 24.1 Å². The number of carboxylic acids is 1. The average Bonchev–Trinajstić information content (AvgIpc) is 3.51. The Labute approximate surface area is 235 Å². The first-order chi connectivity index (χ1) is 19.2. The van der Waals surface area contributed by atoms with Gasteiger partial charge in [0.2, 0.25) is 5.78 Å². The standard InChI is InChI=1S/C31H30F2N2O4S/c1-18-14-21(33)15-19(2)27(18)28(36)30-29(25-9-4-20(31(37)38)16-26(25)40-30)39-24-7-5-22(6-8-24)34-23-10-13-35(17-23)12-3-11-32/h4-9,14-16,23,34H,3,10-13,17H2,1-2H3,(H,37,38).